The van der Waals surface area contributed by atoms with Gasteiger partial charge >= 0.3 is 0 Å². The number of nitrogens with one attached hydrogen (secondary N) is 2. The summed E-state index contributed by atoms with van der Waals surface area (Å²) in [6.45, 7) is 0. The van der Waals surface area contributed by atoms with E-state index in [9.17, 15) is 4.79 Å². The standard InChI is InChI=1S/C20H19Cl2N3O/c1-25(2)20(26)17-10-14-12-5-3-4-6-16(12)23-19(14)18(24-17)13-8-7-11(21)9-15(13)22/h3-9,17-18,23-24H,10H2,1-2H3/t17-,18+/m0/s1. The molecule has 26 heavy (non-hydrogen) atoms. The van der Waals surface area contributed by atoms with E-state index in [1.165, 1.54) is 0 Å². The Balaban J connectivity index is 1.89. The number of carbonyl (C=O) groups is 1. The number of H-pyrrole nitrogens is 1. The first-order valence-corrected chi connectivity index (χ1v) is 9.23. The summed E-state index contributed by atoms with van der Waals surface area (Å²) in [5.41, 5.74) is 4.18. The molecular weight excluding hydrogens is 369 g/mol. The third-order valence-corrected chi connectivity index (χ3v) is 5.49. The molecule has 2 N–H and O–H groups in total. The topological polar surface area (TPSA) is 48.1 Å². The number of likely N-dealkylation sites (N-methyl/N-ethyl adjacent to an activating group) is 1. The van der Waals surface area contributed by atoms with E-state index < -0.39 is 0 Å². The number of hydrogen-bond donors (Lipinski definition) is 2. The van der Waals surface area contributed by atoms with Crippen molar-refractivity contribution in [3.8, 4) is 0 Å². The van der Waals surface area contributed by atoms with Crippen LogP contribution in [0.5, 0.6) is 0 Å². The lowest BCUT2D eigenvalue weighted by Crippen LogP contribution is -2.49. The molecule has 1 aliphatic heterocycles. The number of aromatic nitrogens is 1. The smallest absolute Gasteiger partial charge is 0.239 e. The van der Waals surface area contributed by atoms with Crippen LogP contribution >= 0.6 is 23.2 Å². The van der Waals surface area contributed by atoms with E-state index in [1.807, 2.05) is 24.3 Å². The van der Waals surface area contributed by atoms with Gasteiger partial charge in [0.1, 0.15) is 0 Å². The molecule has 4 nitrogen and oxygen atoms in total. The third kappa shape index (κ3) is 2.88. The molecule has 1 aromatic heterocycles. The number of fused-ring (bicyclic) bond motifs is 3. The summed E-state index contributed by atoms with van der Waals surface area (Å²) in [5.74, 6) is 0.0519. The average molecular weight is 388 g/mol. The molecule has 1 amide bonds. The van der Waals surface area contributed by atoms with E-state index in [1.54, 1.807) is 25.1 Å². The van der Waals surface area contributed by atoms with Crippen LogP contribution in [0.2, 0.25) is 10.0 Å². The normalized spacial score (nSPS) is 19.4. The van der Waals surface area contributed by atoms with Gasteiger partial charge in [0.25, 0.3) is 0 Å². The van der Waals surface area contributed by atoms with Crippen LogP contribution in [0.3, 0.4) is 0 Å². The number of amides is 1. The van der Waals surface area contributed by atoms with Crippen molar-refractivity contribution < 1.29 is 4.79 Å². The Labute approximate surface area is 162 Å². The molecule has 0 unspecified atom stereocenters. The van der Waals surface area contributed by atoms with Gasteiger partial charge in [0.05, 0.1) is 12.1 Å². The van der Waals surface area contributed by atoms with Gasteiger partial charge in [-0.1, -0.05) is 47.5 Å². The van der Waals surface area contributed by atoms with Crippen LogP contribution in [0.15, 0.2) is 42.5 Å². The van der Waals surface area contributed by atoms with Gasteiger partial charge in [0.2, 0.25) is 5.91 Å². The van der Waals surface area contributed by atoms with Gasteiger partial charge < -0.3 is 9.88 Å². The molecule has 0 aliphatic carbocycles. The highest BCUT2D eigenvalue weighted by atomic mass is 35.5. The fraction of sp³-hybridized carbons (Fsp3) is 0.250. The molecule has 1 aliphatic rings. The monoisotopic (exact) mass is 387 g/mol. The van der Waals surface area contributed by atoms with E-state index in [0.717, 1.165) is 27.7 Å². The lowest BCUT2D eigenvalue weighted by Gasteiger charge is -2.32. The minimum Gasteiger partial charge on any atom is -0.357 e. The third-order valence-electron chi connectivity index (χ3n) is 4.92. The fourth-order valence-electron chi connectivity index (χ4n) is 3.69. The fourth-order valence-corrected chi connectivity index (χ4v) is 4.20. The first-order chi connectivity index (χ1) is 12.5. The molecule has 2 heterocycles. The second-order valence-electron chi connectivity index (χ2n) is 6.82. The molecule has 0 radical (unpaired) electrons. The van der Waals surface area contributed by atoms with E-state index in [0.29, 0.717) is 16.5 Å². The van der Waals surface area contributed by atoms with Crippen molar-refractivity contribution in [1.29, 1.82) is 0 Å². The number of aromatic amines is 1. The lowest BCUT2D eigenvalue weighted by molar-refractivity contribution is -0.131. The van der Waals surface area contributed by atoms with Crippen molar-refractivity contribution in [2.24, 2.45) is 0 Å². The Morgan fingerprint density at radius 3 is 2.65 bits per heavy atom. The first kappa shape index (κ1) is 17.4. The Kier molecular flexibility index (Phi) is 4.43. The molecule has 0 fully saturated rings. The van der Waals surface area contributed by atoms with E-state index in [-0.39, 0.29) is 18.0 Å². The van der Waals surface area contributed by atoms with Crippen molar-refractivity contribution >= 4 is 40.0 Å². The maximum atomic E-state index is 12.7. The van der Waals surface area contributed by atoms with Crippen molar-refractivity contribution in [1.82, 2.24) is 15.2 Å². The second-order valence-corrected chi connectivity index (χ2v) is 7.66. The molecule has 0 saturated carbocycles. The molecular formula is C20H19Cl2N3O. The van der Waals surface area contributed by atoms with Crippen molar-refractivity contribution in [3.63, 3.8) is 0 Å². The van der Waals surface area contributed by atoms with Crippen LogP contribution in [0.25, 0.3) is 10.9 Å². The number of rotatable bonds is 2. The molecule has 6 heteroatoms. The number of carbonyl (C=O) groups excluding carboxylic acids is 1. The van der Waals surface area contributed by atoms with Gasteiger partial charge in [0, 0.05) is 40.7 Å². The molecule has 0 bridgehead atoms. The van der Waals surface area contributed by atoms with Gasteiger partial charge in [-0.3, -0.25) is 10.1 Å². The number of nitrogens with zero attached hydrogens (tertiary/aromatic N) is 1. The molecule has 2 aromatic carbocycles. The van der Waals surface area contributed by atoms with Gasteiger partial charge in [-0.25, -0.2) is 0 Å². The number of benzene rings is 2. The summed E-state index contributed by atoms with van der Waals surface area (Å²) >= 11 is 12.6. The number of halogens is 2. The van der Waals surface area contributed by atoms with Crippen LogP contribution in [0.1, 0.15) is 22.9 Å². The predicted molar refractivity (Wildman–Crippen MR) is 106 cm³/mol. The highest BCUT2D eigenvalue weighted by Gasteiger charge is 2.35. The summed E-state index contributed by atoms with van der Waals surface area (Å²) in [6.07, 6.45) is 0.637. The molecule has 0 saturated heterocycles. The van der Waals surface area contributed by atoms with Gasteiger partial charge in [0.15, 0.2) is 0 Å². The van der Waals surface area contributed by atoms with E-state index in [4.69, 9.17) is 23.2 Å². The zero-order valence-corrected chi connectivity index (χ0v) is 16.0. The predicted octanol–water partition coefficient (Wildman–Crippen LogP) is 4.17. The Morgan fingerprint density at radius 1 is 1.15 bits per heavy atom. The average Bonchev–Trinajstić information content (AvgIpc) is 2.99. The quantitative estimate of drug-likeness (QED) is 0.693. The van der Waals surface area contributed by atoms with E-state index >= 15 is 0 Å². The van der Waals surface area contributed by atoms with Crippen LogP contribution in [0, 0.1) is 0 Å². The van der Waals surface area contributed by atoms with Crippen LogP contribution in [-0.2, 0) is 11.2 Å². The van der Waals surface area contributed by atoms with Gasteiger partial charge in [-0.2, -0.15) is 0 Å². The zero-order chi connectivity index (χ0) is 18.4. The van der Waals surface area contributed by atoms with Crippen LogP contribution in [-0.4, -0.2) is 35.9 Å². The van der Waals surface area contributed by atoms with Gasteiger partial charge in [-0.15, -0.1) is 0 Å². The summed E-state index contributed by atoms with van der Waals surface area (Å²) in [7, 11) is 3.55. The molecule has 0 spiro atoms. The molecule has 3 aromatic rings. The minimum absolute atomic E-state index is 0.0519. The maximum Gasteiger partial charge on any atom is 0.239 e. The van der Waals surface area contributed by atoms with Crippen molar-refractivity contribution in [2.45, 2.75) is 18.5 Å². The van der Waals surface area contributed by atoms with Crippen LogP contribution < -0.4 is 5.32 Å². The van der Waals surface area contributed by atoms with Crippen molar-refractivity contribution in [3.05, 3.63) is 69.3 Å². The number of para-hydroxylation sites is 1. The largest absolute Gasteiger partial charge is 0.357 e. The Morgan fingerprint density at radius 2 is 1.92 bits per heavy atom. The van der Waals surface area contributed by atoms with Gasteiger partial charge in [-0.05, 0) is 35.7 Å². The lowest BCUT2D eigenvalue weighted by atomic mass is 9.90. The Hall–Kier alpha value is -2.01. The molecule has 4 rings (SSSR count). The highest BCUT2D eigenvalue weighted by Crippen LogP contribution is 2.38. The first-order valence-electron chi connectivity index (χ1n) is 8.47. The summed E-state index contributed by atoms with van der Waals surface area (Å²) in [6, 6.07) is 13.1. The highest BCUT2D eigenvalue weighted by molar-refractivity contribution is 6.35. The van der Waals surface area contributed by atoms with E-state index in [2.05, 4.69) is 22.4 Å². The second kappa shape index (κ2) is 6.62. The molecule has 2 atom stereocenters. The molecule has 134 valence electrons. The summed E-state index contributed by atoms with van der Waals surface area (Å²) in [4.78, 5) is 17.8. The summed E-state index contributed by atoms with van der Waals surface area (Å²) < 4.78 is 0. The summed E-state index contributed by atoms with van der Waals surface area (Å²) in [5, 5.41) is 5.80. The SMILES string of the molecule is CN(C)C(=O)[C@@H]1Cc2c([nH]c3ccccc23)[C@@H](c2ccc(Cl)cc2Cl)N1. The minimum atomic E-state index is -0.312. The van der Waals surface area contributed by atoms with Crippen LogP contribution in [0.4, 0.5) is 0 Å². The maximum absolute atomic E-state index is 12.7. The van der Waals surface area contributed by atoms with Crippen molar-refractivity contribution in [2.75, 3.05) is 14.1 Å². The number of hydrogen-bond acceptors (Lipinski definition) is 2. The zero-order valence-electron chi connectivity index (χ0n) is 14.5. The Bertz CT molecular complexity index is 996.